The van der Waals surface area contributed by atoms with E-state index >= 15 is 0 Å². The van der Waals surface area contributed by atoms with E-state index in [4.69, 9.17) is 5.73 Å². The Hall–Kier alpha value is -0.850. The van der Waals surface area contributed by atoms with E-state index < -0.39 is 10.0 Å². The third-order valence-electron chi connectivity index (χ3n) is 4.86. The molecule has 5 nitrogen and oxygen atoms in total. The molecule has 0 bridgehead atoms. The zero-order chi connectivity index (χ0) is 14.3. The highest BCUT2D eigenvalue weighted by Crippen LogP contribution is 2.39. The van der Waals surface area contributed by atoms with Crippen LogP contribution in [0.25, 0.3) is 0 Å². The van der Waals surface area contributed by atoms with Crippen LogP contribution in [0.15, 0.2) is 17.2 Å². The molecule has 1 aliphatic heterocycles. The number of rotatable bonds is 3. The number of aryl methyl sites for hydroxylation is 1. The molecular formula is C14H23N3O2S. The van der Waals surface area contributed by atoms with Gasteiger partial charge in [-0.25, -0.2) is 8.42 Å². The fraction of sp³-hybridized carbons (Fsp3) is 0.714. The third kappa shape index (κ3) is 2.19. The first-order chi connectivity index (χ1) is 9.54. The van der Waals surface area contributed by atoms with E-state index in [-0.39, 0.29) is 6.04 Å². The largest absolute Gasteiger partial charge is 0.352 e. The monoisotopic (exact) mass is 297 g/mol. The van der Waals surface area contributed by atoms with Gasteiger partial charge >= 0.3 is 0 Å². The van der Waals surface area contributed by atoms with Gasteiger partial charge in [-0.1, -0.05) is 12.8 Å². The SMILES string of the molecule is Cn1cc(S(=O)(=O)N2CCC3CCCCC32)cc1CN. The fourth-order valence-corrected chi connectivity index (χ4v) is 5.54. The summed E-state index contributed by atoms with van der Waals surface area (Å²) in [5.41, 5.74) is 6.49. The molecule has 1 aromatic heterocycles. The molecule has 112 valence electrons. The van der Waals surface area contributed by atoms with Crippen LogP contribution >= 0.6 is 0 Å². The summed E-state index contributed by atoms with van der Waals surface area (Å²) in [7, 11) is -1.52. The van der Waals surface area contributed by atoms with Crippen LogP contribution < -0.4 is 5.73 Å². The summed E-state index contributed by atoms with van der Waals surface area (Å²) >= 11 is 0. The molecule has 20 heavy (non-hydrogen) atoms. The fourth-order valence-electron chi connectivity index (χ4n) is 3.72. The summed E-state index contributed by atoms with van der Waals surface area (Å²) < 4.78 is 29.2. The van der Waals surface area contributed by atoms with E-state index in [1.54, 1.807) is 21.1 Å². The molecule has 1 saturated heterocycles. The van der Waals surface area contributed by atoms with Gasteiger partial charge in [0.2, 0.25) is 10.0 Å². The highest BCUT2D eigenvalue weighted by atomic mass is 32.2. The number of nitrogens with zero attached hydrogens (tertiary/aromatic N) is 2. The van der Waals surface area contributed by atoms with Crippen LogP contribution in [0.1, 0.15) is 37.8 Å². The van der Waals surface area contributed by atoms with Crippen LogP contribution in [0.4, 0.5) is 0 Å². The smallest absolute Gasteiger partial charge is 0.244 e. The average molecular weight is 297 g/mol. The number of hydrogen-bond donors (Lipinski definition) is 1. The normalized spacial score (nSPS) is 27.7. The molecule has 2 heterocycles. The first kappa shape index (κ1) is 14.1. The Morgan fingerprint density at radius 1 is 1.30 bits per heavy atom. The van der Waals surface area contributed by atoms with Crippen molar-refractivity contribution in [3.63, 3.8) is 0 Å². The summed E-state index contributed by atoms with van der Waals surface area (Å²) in [5.74, 6) is 0.566. The maximum atomic E-state index is 12.8. The number of aromatic nitrogens is 1. The molecule has 1 aliphatic carbocycles. The summed E-state index contributed by atoms with van der Waals surface area (Å²) in [4.78, 5) is 0.395. The van der Waals surface area contributed by atoms with Crippen LogP contribution in [-0.4, -0.2) is 29.9 Å². The van der Waals surface area contributed by atoms with E-state index in [9.17, 15) is 8.42 Å². The summed E-state index contributed by atoms with van der Waals surface area (Å²) in [5, 5.41) is 0. The number of nitrogens with two attached hydrogens (primary N) is 1. The minimum atomic E-state index is -3.36. The first-order valence-corrected chi connectivity index (χ1v) is 8.85. The van der Waals surface area contributed by atoms with Crippen LogP contribution in [0.2, 0.25) is 0 Å². The van der Waals surface area contributed by atoms with Gasteiger partial charge in [-0.2, -0.15) is 4.31 Å². The van der Waals surface area contributed by atoms with Gasteiger partial charge in [0.1, 0.15) is 4.90 Å². The average Bonchev–Trinajstić information content (AvgIpc) is 3.02. The Bertz CT molecular complexity index is 594. The minimum Gasteiger partial charge on any atom is -0.352 e. The van der Waals surface area contributed by atoms with Crippen molar-refractivity contribution in [1.29, 1.82) is 0 Å². The van der Waals surface area contributed by atoms with Crippen LogP contribution in [0.5, 0.6) is 0 Å². The summed E-state index contributed by atoms with van der Waals surface area (Å²) in [6.07, 6.45) is 7.29. The maximum absolute atomic E-state index is 12.8. The molecular weight excluding hydrogens is 274 g/mol. The lowest BCUT2D eigenvalue weighted by Gasteiger charge is -2.30. The lowest BCUT2D eigenvalue weighted by molar-refractivity contribution is 0.260. The first-order valence-electron chi connectivity index (χ1n) is 7.41. The van der Waals surface area contributed by atoms with Gasteiger partial charge in [0.15, 0.2) is 0 Å². The lowest BCUT2D eigenvalue weighted by Crippen LogP contribution is -2.39. The second-order valence-corrected chi connectivity index (χ2v) is 7.89. The van der Waals surface area contributed by atoms with Crippen molar-refractivity contribution in [1.82, 2.24) is 8.87 Å². The highest BCUT2D eigenvalue weighted by molar-refractivity contribution is 7.89. The van der Waals surface area contributed by atoms with E-state index in [1.807, 2.05) is 7.05 Å². The third-order valence-corrected chi connectivity index (χ3v) is 6.75. The van der Waals surface area contributed by atoms with E-state index in [0.717, 1.165) is 25.0 Å². The zero-order valence-corrected chi connectivity index (χ0v) is 12.8. The molecule has 1 saturated carbocycles. The van der Waals surface area contributed by atoms with Gasteiger partial charge < -0.3 is 10.3 Å². The van der Waals surface area contributed by atoms with Crippen molar-refractivity contribution in [2.24, 2.45) is 18.7 Å². The maximum Gasteiger partial charge on any atom is 0.244 e. The quantitative estimate of drug-likeness (QED) is 0.918. The van der Waals surface area contributed by atoms with Gasteiger partial charge in [-0.3, -0.25) is 0 Å². The number of sulfonamides is 1. The van der Waals surface area contributed by atoms with Crippen molar-refractivity contribution in [2.75, 3.05) is 6.54 Å². The van der Waals surface area contributed by atoms with Crippen molar-refractivity contribution >= 4 is 10.0 Å². The van der Waals surface area contributed by atoms with Crippen LogP contribution in [0.3, 0.4) is 0 Å². The predicted octanol–water partition coefficient (Wildman–Crippen LogP) is 1.44. The molecule has 6 heteroatoms. The molecule has 0 amide bonds. The van der Waals surface area contributed by atoms with Crippen molar-refractivity contribution in [2.45, 2.75) is 49.6 Å². The molecule has 2 unspecified atom stereocenters. The molecule has 2 fully saturated rings. The molecule has 2 N–H and O–H groups in total. The lowest BCUT2D eigenvalue weighted by atomic mass is 9.86. The highest BCUT2D eigenvalue weighted by Gasteiger charge is 2.42. The van der Waals surface area contributed by atoms with Crippen molar-refractivity contribution in [3.8, 4) is 0 Å². The Morgan fingerprint density at radius 3 is 2.75 bits per heavy atom. The molecule has 2 aliphatic rings. The minimum absolute atomic E-state index is 0.218. The van der Waals surface area contributed by atoms with Crippen molar-refractivity contribution in [3.05, 3.63) is 18.0 Å². The second kappa shape index (κ2) is 5.16. The van der Waals surface area contributed by atoms with Gasteiger partial charge in [-0.05, 0) is 31.2 Å². The zero-order valence-electron chi connectivity index (χ0n) is 12.0. The van der Waals surface area contributed by atoms with Crippen LogP contribution in [-0.2, 0) is 23.6 Å². The van der Waals surface area contributed by atoms with Gasteiger partial charge in [0.25, 0.3) is 0 Å². The number of hydrogen-bond acceptors (Lipinski definition) is 3. The molecule has 1 aromatic rings. The second-order valence-electron chi connectivity index (χ2n) is 6.00. The summed E-state index contributed by atoms with van der Waals surface area (Å²) in [6, 6.07) is 1.93. The van der Waals surface area contributed by atoms with Gasteiger partial charge in [0.05, 0.1) is 0 Å². The topological polar surface area (TPSA) is 68.3 Å². The standard InChI is InChI=1S/C14H23N3O2S/c1-16-10-13(8-12(16)9-15)20(18,19)17-7-6-11-4-2-3-5-14(11)17/h8,10-11,14H,2-7,9,15H2,1H3. The Morgan fingerprint density at radius 2 is 2.05 bits per heavy atom. The Labute approximate surface area is 120 Å². The van der Waals surface area contributed by atoms with Gasteiger partial charge in [-0.15, -0.1) is 0 Å². The molecule has 0 radical (unpaired) electrons. The van der Waals surface area contributed by atoms with Crippen LogP contribution in [0, 0.1) is 5.92 Å². The molecule has 0 aromatic carbocycles. The Kier molecular flexibility index (Phi) is 3.64. The molecule has 0 spiro atoms. The van der Waals surface area contributed by atoms with E-state index in [0.29, 0.717) is 23.9 Å². The Balaban J connectivity index is 1.91. The van der Waals surface area contributed by atoms with Gasteiger partial charge in [0, 0.05) is 38.1 Å². The summed E-state index contributed by atoms with van der Waals surface area (Å²) in [6.45, 7) is 1.03. The predicted molar refractivity (Wildman–Crippen MR) is 77.6 cm³/mol. The number of fused-ring (bicyclic) bond motifs is 1. The molecule has 2 atom stereocenters. The molecule has 3 rings (SSSR count). The van der Waals surface area contributed by atoms with Crippen molar-refractivity contribution < 1.29 is 8.42 Å². The van der Waals surface area contributed by atoms with E-state index in [2.05, 4.69) is 0 Å². The van der Waals surface area contributed by atoms with E-state index in [1.165, 1.54) is 12.8 Å².